The Morgan fingerprint density at radius 3 is 1.95 bits per heavy atom. The van der Waals surface area contributed by atoms with Gasteiger partial charge in [-0.1, -0.05) is 104 Å². The van der Waals surface area contributed by atoms with Crippen LogP contribution < -0.4 is 0 Å². The molecule has 0 bridgehead atoms. The fraction of sp³-hybridized carbons (Fsp3) is 0.389. The normalized spacial score (nSPS) is 14.4. The highest BCUT2D eigenvalue weighted by atomic mass is 19.2. The first-order valence-electron chi connectivity index (χ1n) is 13.8. The third-order valence-corrected chi connectivity index (χ3v) is 6.85. The van der Waals surface area contributed by atoms with E-state index >= 15 is 0 Å². The van der Waals surface area contributed by atoms with Gasteiger partial charge in [0.1, 0.15) is 5.83 Å². The molecule has 2 unspecified atom stereocenters. The number of ether oxygens (including phenoxy) is 1. The molecule has 4 heteroatoms. The van der Waals surface area contributed by atoms with Gasteiger partial charge in [0.2, 0.25) is 5.83 Å². The van der Waals surface area contributed by atoms with Gasteiger partial charge in [0, 0.05) is 11.1 Å². The highest BCUT2D eigenvalue weighted by Crippen LogP contribution is 2.29. The third-order valence-electron chi connectivity index (χ3n) is 6.85. The molecule has 0 rings (SSSR count). The zero-order valence-corrected chi connectivity index (χ0v) is 25.4. The summed E-state index contributed by atoms with van der Waals surface area (Å²) >= 11 is 0. The molecular weight excluding hydrogens is 505 g/mol. The number of unbranched alkanes of at least 4 members (excludes halogenated alkanes) is 1. The van der Waals surface area contributed by atoms with Crippen molar-refractivity contribution in [2.45, 2.75) is 66.7 Å². The highest BCUT2D eigenvalue weighted by molar-refractivity contribution is 5.53. The second-order valence-electron chi connectivity index (χ2n) is 10.7. The number of hydrogen-bond donors (Lipinski definition) is 0. The van der Waals surface area contributed by atoms with Crippen LogP contribution in [-0.2, 0) is 4.74 Å². The predicted molar refractivity (Wildman–Crippen MR) is 169 cm³/mol. The van der Waals surface area contributed by atoms with Crippen LogP contribution in [0.3, 0.4) is 0 Å². The summed E-state index contributed by atoms with van der Waals surface area (Å²) in [6.45, 7) is 36.9. The first kappa shape index (κ1) is 36.7. The van der Waals surface area contributed by atoms with Crippen LogP contribution in [0, 0.1) is 17.8 Å². The Kier molecular flexibility index (Phi) is 17.4. The van der Waals surface area contributed by atoms with E-state index in [4.69, 9.17) is 4.74 Å². The van der Waals surface area contributed by atoms with Gasteiger partial charge in [-0.25, -0.2) is 8.78 Å². The lowest BCUT2D eigenvalue weighted by Gasteiger charge is -2.20. The Balaban J connectivity index is 5.17. The van der Waals surface area contributed by atoms with Crippen molar-refractivity contribution in [2.24, 2.45) is 17.8 Å². The summed E-state index contributed by atoms with van der Waals surface area (Å²) in [5, 5.41) is 0. The smallest absolute Gasteiger partial charge is 0.200 e. The average Bonchev–Trinajstić information content (AvgIpc) is 2.92. The maximum absolute atomic E-state index is 14.9. The molecule has 0 aromatic carbocycles. The molecule has 0 aromatic rings. The maximum atomic E-state index is 14.9. The van der Waals surface area contributed by atoms with Crippen molar-refractivity contribution in [3.63, 3.8) is 0 Å². The minimum absolute atomic E-state index is 0.102. The summed E-state index contributed by atoms with van der Waals surface area (Å²) in [7, 11) is 0. The predicted octanol–water partition coefficient (Wildman–Crippen LogP) is 11.9. The Bertz CT molecular complexity index is 1090. The lowest BCUT2D eigenvalue weighted by atomic mass is 9.86. The van der Waals surface area contributed by atoms with Crippen LogP contribution in [0.5, 0.6) is 0 Å². The molecule has 0 amide bonds. The van der Waals surface area contributed by atoms with Gasteiger partial charge < -0.3 is 4.74 Å². The van der Waals surface area contributed by atoms with Gasteiger partial charge in [-0.2, -0.15) is 4.39 Å². The van der Waals surface area contributed by atoms with Gasteiger partial charge in [-0.3, -0.25) is 0 Å². The first-order chi connectivity index (χ1) is 18.6. The molecule has 1 nitrogen and oxygen atoms in total. The summed E-state index contributed by atoms with van der Waals surface area (Å²) in [5.74, 6) is -1.64. The maximum Gasteiger partial charge on any atom is 0.200 e. The van der Waals surface area contributed by atoms with Crippen molar-refractivity contribution in [1.29, 1.82) is 0 Å². The van der Waals surface area contributed by atoms with Gasteiger partial charge >= 0.3 is 0 Å². The van der Waals surface area contributed by atoms with Crippen LogP contribution in [-0.4, -0.2) is 6.61 Å². The van der Waals surface area contributed by atoms with Gasteiger partial charge in [0.25, 0.3) is 0 Å². The van der Waals surface area contributed by atoms with Crippen LogP contribution in [0.1, 0.15) is 66.7 Å². The number of hydrogen-bond acceptors (Lipinski definition) is 1. The van der Waals surface area contributed by atoms with Crippen LogP contribution in [0.15, 0.2) is 133 Å². The molecule has 0 aliphatic rings. The third kappa shape index (κ3) is 13.7. The van der Waals surface area contributed by atoms with Crippen molar-refractivity contribution in [2.75, 3.05) is 6.61 Å². The summed E-state index contributed by atoms with van der Waals surface area (Å²) in [4.78, 5) is 0. The van der Waals surface area contributed by atoms with Crippen LogP contribution in [0.4, 0.5) is 13.2 Å². The minimum atomic E-state index is -1.24. The van der Waals surface area contributed by atoms with E-state index in [1.165, 1.54) is 31.1 Å². The van der Waals surface area contributed by atoms with Gasteiger partial charge in [0.15, 0.2) is 11.6 Å². The quantitative estimate of drug-likeness (QED) is 0.0629. The van der Waals surface area contributed by atoms with Crippen molar-refractivity contribution in [1.82, 2.24) is 0 Å². The molecule has 0 N–H and O–H groups in total. The van der Waals surface area contributed by atoms with Crippen LogP contribution >= 0.6 is 0 Å². The largest absolute Gasteiger partial charge is 0.491 e. The molecule has 2 atom stereocenters. The molecule has 0 fully saturated rings. The van der Waals surface area contributed by atoms with Crippen molar-refractivity contribution < 1.29 is 17.9 Å². The summed E-state index contributed by atoms with van der Waals surface area (Å²) in [6.07, 6.45) is 12.4. The zero-order valence-electron chi connectivity index (χ0n) is 25.4. The van der Waals surface area contributed by atoms with E-state index in [1.54, 1.807) is 6.08 Å². The SMILES string of the molecule is C=CCCCOC(=C)/C(F)=C(/F)C(=C)C(=C)/C=C\C(=C)C(=C)/C=C(/F)C(=C)/C(C)=C/CC(C)C(C)CCC(C)C. The van der Waals surface area contributed by atoms with Gasteiger partial charge in [0.05, 0.1) is 6.61 Å². The summed E-state index contributed by atoms with van der Waals surface area (Å²) in [5.41, 5.74) is 1.56. The van der Waals surface area contributed by atoms with E-state index in [0.717, 1.165) is 12.0 Å². The summed E-state index contributed by atoms with van der Waals surface area (Å²) < 4.78 is 49.0. The van der Waals surface area contributed by atoms with E-state index in [9.17, 15) is 13.2 Å². The monoisotopic (exact) mass is 554 g/mol. The standard InChI is InChI=1S/C36H49F3O/c1-13-14-15-22-40-33(12)36(39)35(38)32(11)29(8)21-19-27(6)30(9)23-34(37)31(10)28(7)20-18-26(5)25(4)17-16-24(2)3/h13,19-21,23-26H,1,6,8-12,14-18,22H2,2-5,7H3/b21-19-,28-20+,34-23+,36-35-. The molecule has 220 valence electrons. The van der Waals surface area contributed by atoms with Gasteiger partial charge in [-0.15, -0.1) is 6.58 Å². The van der Waals surface area contributed by atoms with E-state index in [0.29, 0.717) is 41.7 Å². The molecule has 40 heavy (non-hydrogen) atoms. The Morgan fingerprint density at radius 2 is 1.38 bits per heavy atom. The topological polar surface area (TPSA) is 9.23 Å². The van der Waals surface area contributed by atoms with Crippen molar-refractivity contribution >= 4 is 0 Å². The van der Waals surface area contributed by atoms with Gasteiger partial charge in [-0.05, 0) is 72.3 Å². The number of rotatable bonds is 20. The zero-order chi connectivity index (χ0) is 31.0. The second-order valence-corrected chi connectivity index (χ2v) is 10.7. The van der Waals surface area contributed by atoms with Crippen LogP contribution in [0.2, 0.25) is 0 Å². The molecule has 0 aliphatic heterocycles. The molecule has 0 aromatic heterocycles. The fourth-order valence-corrected chi connectivity index (χ4v) is 3.41. The van der Waals surface area contributed by atoms with E-state index in [2.05, 4.69) is 73.7 Å². The van der Waals surface area contributed by atoms with Crippen molar-refractivity contribution in [3.05, 3.63) is 133 Å². The summed E-state index contributed by atoms with van der Waals surface area (Å²) in [6, 6.07) is 0. The second kappa shape index (κ2) is 18.9. The Hall–Kier alpha value is -3.27. The minimum Gasteiger partial charge on any atom is -0.491 e. The van der Waals surface area contributed by atoms with E-state index in [1.807, 2.05) is 13.0 Å². The Morgan fingerprint density at radius 1 is 0.775 bits per heavy atom. The lowest BCUT2D eigenvalue weighted by Crippen LogP contribution is -2.08. The molecular formula is C36H49F3O. The molecule has 0 saturated carbocycles. The molecule has 0 aliphatic carbocycles. The number of halogens is 3. The average molecular weight is 555 g/mol. The molecule has 0 heterocycles. The highest BCUT2D eigenvalue weighted by Gasteiger charge is 2.16. The molecule has 0 spiro atoms. The number of allylic oxidation sites excluding steroid dienone is 14. The van der Waals surface area contributed by atoms with E-state index < -0.39 is 23.2 Å². The Labute approximate surface area is 242 Å². The van der Waals surface area contributed by atoms with Crippen LogP contribution in [0.25, 0.3) is 0 Å². The van der Waals surface area contributed by atoms with E-state index in [-0.39, 0.29) is 23.3 Å². The molecule has 0 radical (unpaired) electrons. The first-order valence-corrected chi connectivity index (χ1v) is 13.8. The van der Waals surface area contributed by atoms with Crippen molar-refractivity contribution in [3.8, 4) is 0 Å². The lowest BCUT2D eigenvalue weighted by molar-refractivity contribution is 0.205. The fourth-order valence-electron chi connectivity index (χ4n) is 3.41. The molecule has 0 saturated heterocycles.